The van der Waals surface area contributed by atoms with Gasteiger partial charge in [0.15, 0.2) is 17.7 Å². The van der Waals surface area contributed by atoms with E-state index in [9.17, 15) is 14.0 Å². The second kappa shape index (κ2) is 8.39. The molecular weight excluding hydrogens is 397 g/mol. The van der Waals surface area contributed by atoms with E-state index < -0.39 is 17.8 Å². The summed E-state index contributed by atoms with van der Waals surface area (Å²) in [6.45, 7) is 3.31. The van der Waals surface area contributed by atoms with Gasteiger partial charge in [-0.25, -0.2) is 9.37 Å². The quantitative estimate of drug-likeness (QED) is 0.527. The van der Waals surface area contributed by atoms with E-state index in [0.717, 1.165) is 0 Å². The molecule has 0 bridgehead atoms. The van der Waals surface area contributed by atoms with Crippen LogP contribution < -0.4 is 15.6 Å². The van der Waals surface area contributed by atoms with Gasteiger partial charge in [0.25, 0.3) is 11.5 Å². The van der Waals surface area contributed by atoms with E-state index in [1.54, 1.807) is 68.4 Å². The minimum Gasteiger partial charge on any atom is -0.478 e. The number of nitrogens with one attached hydrogen (secondary N) is 1. The number of ether oxygens (including phenoxy) is 1. The average molecular weight is 417 g/mol. The molecule has 0 aliphatic rings. The van der Waals surface area contributed by atoms with Crippen molar-refractivity contribution < 1.29 is 13.9 Å². The van der Waals surface area contributed by atoms with Gasteiger partial charge >= 0.3 is 0 Å². The smallest absolute Gasteiger partial charge is 0.265 e. The number of hydrogen-bond acceptors (Lipinski definition) is 4. The van der Waals surface area contributed by atoms with E-state index >= 15 is 0 Å². The number of halogens is 1. The zero-order valence-corrected chi connectivity index (χ0v) is 17.0. The Morgan fingerprint density at radius 1 is 1.03 bits per heavy atom. The van der Waals surface area contributed by atoms with Crippen molar-refractivity contribution in [2.24, 2.45) is 0 Å². The van der Waals surface area contributed by atoms with Crippen molar-refractivity contribution in [2.75, 3.05) is 5.32 Å². The Morgan fingerprint density at radius 2 is 1.71 bits per heavy atom. The fourth-order valence-corrected chi connectivity index (χ4v) is 3.27. The van der Waals surface area contributed by atoms with Crippen LogP contribution in [0.2, 0.25) is 0 Å². The first-order valence-corrected chi connectivity index (χ1v) is 9.75. The lowest BCUT2D eigenvalue weighted by atomic mass is 10.2. The number of para-hydroxylation sites is 2. The summed E-state index contributed by atoms with van der Waals surface area (Å²) in [6.07, 6.45) is -0.897. The number of benzene rings is 3. The maximum Gasteiger partial charge on any atom is 0.265 e. The fraction of sp³-hybridized carbons (Fsp3) is 0.125. The summed E-state index contributed by atoms with van der Waals surface area (Å²) in [5, 5.41) is 3.26. The lowest BCUT2D eigenvalue weighted by Gasteiger charge is -2.16. The van der Waals surface area contributed by atoms with Crippen molar-refractivity contribution >= 4 is 22.5 Å². The number of amides is 1. The Morgan fingerprint density at radius 3 is 2.45 bits per heavy atom. The lowest BCUT2D eigenvalue weighted by Crippen LogP contribution is -2.30. The summed E-state index contributed by atoms with van der Waals surface area (Å²) < 4.78 is 20.6. The molecule has 1 aromatic heterocycles. The highest BCUT2D eigenvalue weighted by Gasteiger charge is 2.17. The molecule has 0 saturated carbocycles. The van der Waals surface area contributed by atoms with Gasteiger partial charge in [-0.05, 0) is 62.4 Å². The Balaban J connectivity index is 1.52. The van der Waals surface area contributed by atoms with E-state index in [4.69, 9.17) is 4.74 Å². The van der Waals surface area contributed by atoms with Gasteiger partial charge in [-0.2, -0.15) is 0 Å². The second-order valence-corrected chi connectivity index (χ2v) is 7.04. The number of aryl methyl sites for hydroxylation is 1. The van der Waals surface area contributed by atoms with Gasteiger partial charge < -0.3 is 10.1 Å². The van der Waals surface area contributed by atoms with Crippen molar-refractivity contribution in [1.29, 1.82) is 0 Å². The summed E-state index contributed by atoms with van der Waals surface area (Å²) in [5.74, 6) is -0.375. The van der Waals surface area contributed by atoms with Crippen LogP contribution in [-0.4, -0.2) is 21.6 Å². The number of aromatic nitrogens is 2. The van der Waals surface area contributed by atoms with Gasteiger partial charge in [-0.1, -0.05) is 24.3 Å². The molecule has 31 heavy (non-hydrogen) atoms. The predicted molar refractivity (Wildman–Crippen MR) is 117 cm³/mol. The number of rotatable bonds is 5. The average Bonchev–Trinajstić information content (AvgIpc) is 2.76. The minimum absolute atomic E-state index is 0.0131. The molecule has 0 aliphatic heterocycles. The fourth-order valence-electron chi connectivity index (χ4n) is 3.27. The number of hydrogen-bond donors (Lipinski definition) is 1. The van der Waals surface area contributed by atoms with Crippen LogP contribution >= 0.6 is 0 Å². The Kier molecular flexibility index (Phi) is 5.49. The molecule has 156 valence electrons. The normalized spacial score (nSPS) is 11.8. The van der Waals surface area contributed by atoms with Gasteiger partial charge in [0.05, 0.1) is 16.6 Å². The van der Waals surface area contributed by atoms with Crippen LogP contribution in [0.5, 0.6) is 5.75 Å². The molecule has 6 nitrogen and oxygen atoms in total. The van der Waals surface area contributed by atoms with Crippen molar-refractivity contribution in [3.05, 3.63) is 94.8 Å². The molecule has 0 aliphatic carbocycles. The number of fused-ring (bicyclic) bond motifs is 1. The molecule has 0 spiro atoms. The molecule has 1 unspecified atom stereocenters. The maximum atomic E-state index is 13.7. The van der Waals surface area contributed by atoms with Crippen molar-refractivity contribution in [3.8, 4) is 11.4 Å². The van der Waals surface area contributed by atoms with Crippen LogP contribution in [0.4, 0.5) is 10.1 Å². The monoisotopic (exact) mass is 417 g/mol. The van der Waals surface area contributed by atoms with E-state index in [0.29, 0.717) is 28.1 Å². The molecule has 1 atom stereocenters. The highest BCUT2D eigenvalue weighted by atomic mass is 19.1. The molecule has 0 saturated heterocycles. The summed E-state index contributed by atoms with van der Waals surface area (Å²) in [4.78, 5) is 29.8. The zero-order chi connectivity index (χ0) is 22.0. The molecular formula is C24H20FN3O3. The van der Waals surface area contributed by atoms with E-state index in [1.165, 1.54) is 16.7 Å². The van der Waals surface area contributed by atoms with Gasteiger partial charge in [0.1, 0.15) is 5.82 Å². The third-order valence-electron chi connectivity index (χ3n) is 4.85. The first-order valence-electron chi connectivity index (χ1n) is 9.75. The Labute approximate surface area is 177 Å². The predicted octanol–water partition coefficient (Wildman–Crippen LogP) is 4.24. The number of nitrogens with zero attached hydrogens (tertiary/aromatic N) is 2. The topological polar surface area (TPSA) is 73.2 Å². The van der Waals surface area contributed by atoms with Crippen LogP contribution in [0.15, 0.2) is 77.6 Å². The molecule has 0 fully saturated rings. The van der Waals surface area contributed by atoms with Gasteiger partial charge in [0, 0.05) is 5.69 Å². The Bertz CT molecular complexity index is 1320. The largest absolute Gasteiger partial charge is 0.478 e. The number of anilines is 1. The van der Waals surface area contributed by atoms with Crippen molar-refractivity contribution in [1.82, 2.24) is 9.55 Å². The summed E-state index contributed by atoms with van der Waals surface area (Å²) in [5.41, 5.74) is 1.65. The zero-order valence-electron chi connectivity index (χ0n) is 17.0. The lowest BCUT2D eigenvalue weighted by molar-refractivity contribution is -0.122. The summed E-state index contributed by atoms with van der Waals surface area (Å²) >= 11 is 0. The molecule has 1 heterocycles. The van der Waals surface area contributed by atoms with Crippen molar-refractivity contribution in [3.63, 3.8) is 0 Å². The molecule has 0 radical (unpaired) electrons. The van der Waals surface area contributed by atoms with Crippen LogP contribution in [-0.2, 0) is 4.79 Å². The summed E-state index contributed by atoms with van der Waals surface area (Å²) in [6, 6.07) is 19.9. The van der Waals surface area contributed by atoms with E-state index in [2.05, 4.69) is 10.3 Å². The molecule has 1 N–H and O–H groups in total. The third kappa shape index (κ3) is 4.16. The van der Waals surface area contributed by atoms with Gasteiger partial charge in [0.2, 0.25) is 0 Å². The maximum absolute atomic E-state index is 13.7. The standard InChI is InChI=1S/C24H20FN3O3/c1-15(31-22-10-6-4-8-20(22)25)23(29)27-17-11-13-18(14-12-17)28-16(2)26-21-9-5-3-7-19(21)24(28)30/h3-15H,1-2H3,(H,27,29). The van der Waals surface area contributed by atoms with E-state index in [-0.39, 0.29) is 11.3 Å². The van der Waals surface area contributed by atoms with Crippen LogP contribution in [0.25, 0.3) is 16.6 Å². The molecule has 1 amide bonds. The van der Waals surface area contributed by atoms with E-state index in [1.807, 2.05) is 6.07 Å². The van der Waals surface area contributed by atoms with Crippen molar-refractivity contribution in [2.45, 2.75) is 20.0 Å². The highest BCUT2D eigenvalue weighted by Crippen LogP contribution is 2.19. The number of carbonyl (C=O) groups excluding carboxylic acids is 1. The van der Waals surface area contributed by atoms with Crippen LogP contribution in [0.1, 0.15) is 12.7 Å². The highest BCUT2D eigenvalue weighted by molar-refractivity contribution is 5.94. The molecule has 7 heteroatoms. The van der Waals surface area contributed by atoms with Gasteiger partial charge in [-0.3, -0.25) is 14.2 Å². The molecule has 4 rings (SSSR count). The Hall–Kier alpha value is -4.00. The minimum atomic E-state index is -0.897. The third-order valence-corrected chi connectivity index (χ3v) is 4.85. The summed E-state index contributed by atoms with van der Waals surface area (Å²) in [7, 11) is 0. The van der Waals surface area contributed by atoms with Crippen LogP contribution in [0.3, 0.4) is 0 Å². The van der Waals surface area contributed by atoms with Crippen LogP contribution in [0, 0.1) is 12.7 Å². The molecule has 3 aromatic carbocycles. The SMILES string of the molecule is Cc1nc2ccccc2c(=O)n1-c1ccc(NC(=O)C(C)Oc2ccccc2F)cc1. The first-order chi connectivity index (χ1) is 14.9. The van der Waals surface area contributed by atoms with Gasteiger partial charge in [-0.15, -0.1) is 0 Å². The number of carbonyl (C=O) groups is 1. The molecule has 4 aromatic rings. The first kappa shape index (κ1) is 20.3. The second-order valence-electron chi connectivity index (χ2n) is 7.04.